The molecule has 0 saturated carbocycles. The summed E-state index contributed by atoms with van der Waals surface area (Å²) in [7, 11) is 0. The largest absolute Gasteiger partial charge is 0.407 e. The van der Waals surface area contributed by atoms with Gasteiger partial charge in [-0.1, -0.05) is 74.5 Å². The number of alkyl halides is 3. The second-order valence-electron chi connectivity index (χ2n) is 6.79. The summed E-state index contributed by atoms with van der Waals surface area (Å²) in [5.74, 6) is -0.473. The molecular formula is C20H23F3N2O. The normalized spacial score (nSPS) is 13.3. The molecule has 26 heavy (non-hydrogen) atoms. The molecule has 1 atom stereocenters. The maximum atomic E-state index is 13.3. The quantitative estimate of drug-likeness (QED) is 0.780. The van der Waals surface area contributed by atoms with Gasteiger partial charge in [0.05, 0.1) is 6.54 Å². The van der Waals surface area contributed by atoms with Crippen molar-refractivity contribution >= 4 is 5.91 Å². The molecule has 0 aliphatic heterocycles. The van der Waals surface area contributed by atoms with Gasteiger partial charge in [-0.3, -0.25) is 10.1 Å². The number of halogens is 3. The Kier molecular flexibility index (Phi) is 6.42. The SMILES string of the molecule is CC(C)(CNC(=O)CNC(c1ccccc1)C(F)(F)F)c1ccccc1. The van der Waals surface area contributed by atoms with E-state index >= 15 is 0 Å². The fourth-order valence-corrected chi connectivity index (χ4v) is 2.64. The molecule has 0 spiro atoms. The molecule has 2 aromatic carbocycles. The van der Waals surface area contributed by atoms with E-state index in [1.165, 1.54) is 24.3 Å². The number of hydrogen-bond donors (Lipinski definition) is 2. The van der Waals surface area contributed by atoms with Crippen molar-refractivity contribution in [2.24, 2.45) is 0 Å². The fourth-order valence-electron chi connectivity index (χ4n) is 2.64. The molecule has 6 heteroatoms. The van der Waals surface area contributed by atoms with E-state index in [2.05, 4.69) is 10.6 Å². The molecule has 0 fully saturated rings. The van der Waals surface area contributed by atoms with Gasteiger partial charge in [0.2, 0.25) is 5.91 Å². The summed E-state index contributed by atoms with van der Waals surface area (Å²) in [6.45, 7) is 3.86. The van der Waals surface area contributed by atoms with Gasteiger partial charge >= 0.3 is 6.18 Å². The third-order valence-corrected chi connectivity index (χ3v) is 4.21. The zero-order valence-electron chi connectivity index (χ0n) is 14.8. The van der Waals surface area contributed by atoms with Crippen LogP contribution in [0.3, 0.4) is 0 Å². The molecule has 2 rings (SSSR count). The summed E-state index contributed by atoms with van der Waals surface area (Å²) in [6.07, 6.45) is -4.48. The van der Waals surface area contributed by atoms with Crippen LogP contribution >= 0.6 is 0 Å². The minimum Gasteiger partial charge on any atom is -0.354 e. The minimum atomic E-state index is -4.48. The first-order chi connectivity index (χ1) is 12.2. The highest BCUT2D eigenvalue weighted by molar-refractivity contribution is 5.78. The Bertz CT molecular complexity index is 700. The highest BCUT2D eigenvalue weighted by Gasteiger charge is 2.40. The first-order valence-corrected chi connectivity index (χ1v) is 8.37. The van der Waals surface area contributed by atoms with E-state index in [4.69, 9.17) is 0 Å². The highest BCUT2D eigenvalue weighted by Crippen LogP contribution is 2.32. The smallest absolute Gasteiger partial charge is 0.354 e. The molecule has 0 bridgehead atoms. The Morgan fingerprint density at radius 2 is 1.50 bits per heavy atom. The number of hydrogen-bond acceptors (Lipinski definition) is 2. The van der Waals surface area contributed by atoms with Gasteiger partial charge in [0.1, 0.15) is 6.04 Å². The van der Waals surface area contributed by atoms with Crippen LogP contribution in [0.25, 0.3) is 0 Å². The summed E-state index contributed by atoms with van der Waals surface area (Å²) in [6, 6.07) is 15.3. The maximum Gasteiger partial charge on any atom is 0.407 e. The van der Waals surface area contributed by atoms with Crippen LogP contribution in [0.2, 0.25) is 0 Å². The summed E-state index contributed by atoms with van der Waals surface area (Å²) < 4.78 is 39.8. The summed E-state index contributed by atoms with van der Waals surface area (Å²) in [5.41, 5.74) is 0.808. The van der Waals surface area contributed by atoms with E-state index in [-0.39, 0.29) is 11.0 Å². The lowest BCUT2D eigenvalue weighted by atomic mass is 9.84. The van der Waals surface area contributed by atoms with Crippen molar-refractivity contribution in [1.82, 2.24) is 10.6 Å². The number of carbonyl (C=O) groups excluding carboxylic acids is 1. The number of rotatable bonds is 7. The minimum absolute atomic E-state index is 0.0809. The molecular weight excluding hydrogens is 341 g/mol. The Hall–Kier alpha value is -2.34. The van der Waals surface area contributed by atoms with Gasteiger partial charge < -0.3 is 5.32 Å². The van der Waals surface area contributed by atoms with Gasteiger partial charge in [-0.05, 0) is 11.1 Å². The first kappa shape index (κ1) is 20.0. The molecule has 1 amide bonds. The first-order valence-electron chi connectivity index (χ1n) is 8.37. The zero-order chi connectivity index (χ0) is 19.2. The molecule has 3 nitrogen and oxygen atoms in total. The number of carbonyl (C=O) groups is 1. The molecule has 0 aliphatic carbocycles. The number of nitrogens with one attached hydrogen (secondary N) is 2. The molecule has 0 aromatic heterocycles. The lowest BCUT2D eigenvalue weighted by Crippen LogP contribution is -2.44. The zero-order valence-corrected chi connectivity index (χ0v) is 14.8. The predicted octanol–water partition coefficient (Wildman–Crippen LogP) is 3.97. The van der Waals surface area contributed by atoms with Crippen LogP contribution in [0.1, 0.15) is 31.0 Å². The predicted molar refractivity (Wildman–Crippen MR) is 95.7 cm³/mol. The van der Waals surface area contributed by atoms with Crippen molar-refractivity contribution in [3.8, 4) is 0 Å². The molecule has 1 unspecified atom stereocenters. The van der Waals surface area contributed by atoms with Crippen LogP contribution in [0, 0.1) is 0 Å². The van der Waals surface area contributed by atoms with E-state index in [0.717, 1.165) is 5.56 Å². The average molecular weight is 364 g/mol. The second kappa shape index (κ2) is 8.36. The molecule has 2 aromatic rings. The van der Waals surface area contributed by atoms with Crippen LogP contribution in [0.15, 0.2) is 60.7 Å². The Balaban J connectivity index is 1.92. The molecule has 0 aliphatic rings. The molecule has 0 saturated heterocycles. The maximum absolute atomic E-state index is 13.3. The van der Waals surface area contributed by atoms with Gasteiger partial charge in [-0.2, -0.15) is 13.2 Å². The Morgan fingerprint density at radius 1 is 0.962 bits per heavy atom. The second-order valence-corrected chi connectivity index (χ2v) is 6.79. The van der Waals surface area contributed by atoms with Gasteiger partial charge in [-0.25, -0.2) is 0 Å². The van der Waals surface area contributed by atoms with Crippen molar-refractivity contribution in [3.63, 3.8) is 0 Å². The summed E-state index contributed by atoms with van der Waals surface area (Å²) in [5, 5.41) is 5.03. The third-order valence-electron chi connectivity index (χ3n) is 4.21. The van der Waals surface area contributed by atoms with E-state index in [9.17, 15) is 18.0 Å². The van der Waals surface area contributed by atoms with Gasteiger partial charge in [0.15, 0.2) is 0 Å². The topological polar surface area (TPSA) is 41.1 Å². The summed E-state index contributed by atoms with van der Waals surface area (Å²) in [4.78, 5) is 12.0. The fraction of sp³-hybridized carbons (Fsp3) is 0.350. The number of benzene rings is 2. The van der Waals surface area contributed by atoms with Crippen LogP contribution in [0.4, 0.5) is 13.2 Å². The van der Waals surface area contributed by atoms with Crippen LogP contribution in [-0.4, -0.2) is 25.2 Å². The van der Waals surface area contributed by atoms with Crippen molar-refractivity contribution in [3.05, 3.63) is 71.8 Å². The van der Waals surface area contributed by atoms with E-state index in [1.54, 1.807) is 6.07 Å². The van der Waals surface area contributed by atoms with Crippen LogP contribution < -0.4 is 10.6 Å². The summed E-state index contributed by atoms with van der Waals surface area (Å²) >= 11 is 0. The lowest BCUT2D eigenvalue weighted by Gasteiger charge is -2.26. The molecule has 140 valence electrons. The van der Waals surface area contributed by atoms with E-state index < -0.39 is 24.7 Å². The van der Waals surface area contributed by atoms with Crippen molar-refractivity contribution in [1.29, 1.82) is 0 Å². The molecule has 2 N–H and O–H groups in total. The van der Waals surface area contributed by atoms with Crippen LogP contribution in [0.5, 0.6) is 0 Å². The van der Waals surface area contributed by atoms with Crippen molar-refractivity contribution in [2.45, 2.75) is 31.5 Å². The standard InChI is InChI=1S/C20H23F3N2O/c1-19(2,16-11-7-4-8-12-16)14-25-17(26)13-24-18(20(21,22)23)15-9-5-3-6-10-15/h3-12,18,24H,13-14H2,1-2H3,(H,25,26). The highest BCUT2D eigenvalue weighted by atomic mass is 19.4. The molecule has 0 heterocycles. The van der Waals surface area contributed by atoms with Crippen LogP contribution in [-0.2, 0) is 10.2 Å². The van der Waals surface area contributed by atoms with Gasteiger partial charge in [0, 0.05) is 12.0 Å². The van der Waals surface area contributed by atoms with Gasteiger partial charge in [-0.15, -0.1) is 0 Å². The molecule has 0 radical (unpaired) electrons. The average Bonchev–Trinajstić information content (AvgIpc) is 2.61. The Morgan fingerprint density at radius 3 is 2.04 bits per heavy atom. The van der Waals surface area contributed by atoms with Crippen molar-refractivity contribution < 1.29 is 18.0 Å². The number of amides is 1. The lowest BCUT2D eigenvalue weighted by molar-refractivity contribution is -0.158. The van der Waals surface area contributed by atoms with Gasteiger partial charge in [0.25, 0.3) is 0 Å². The Labute approximate surface area is 151 Å². The van der Waals surface area contributed by atoms with Crippen molar-refractivity contribution in [2.75, 3.05) is 13.1 Å². The van der Waals surface area contributed by atoms with E-state index in [1.807, 2.05) is 44.2 Å². The third kappa shape index (κ3) is 5.59. The van der Waals surface area contributed by atoms with E-state index in [0.29, 0.717) is 6.54 Å². The monoisotopic (exact) mass is 364 g/mol.